The second kappa shape index (κ2) is 9.79. The highest BCUT2D eigenvalue weighted by molar-refractivity contribution is 5.96. The van der Waals surface area contributed by atoms with Crippen LogP contribution in [-0.4, -0.2) is 42.6 Å². The Morgan fingerprint density at radius 3 is 2.58 bits per heavy atom. The van der Waals surface area contributed by atoms with Crippen LogP contribution >= 0.6 is 0 Å². The number of carboxylic acids is 1. The molecule has 1 aromatic carbocycles. The van der Waals surface area contributed by atoms with Crippen LogP contribution in [0.1, 0.15) is 48.9 Å². The number of ether oxygens (including phenoxy) is 1. The molecule has 0 radical (unpaired) electrons. The molecule has 0 heterocycles. The van der Waals surface area contributed by atoms with Crippen molar-refractivity contribution >= 4 is 17.8 Å². The van der Waals surface area contributed by atoms with Crippen molar-refractivity contribution in [1.82, 2.24) is 10.6 Å². The summed E-state index contributed by atoms with van der Waals surface area (Å²) < 4.78 is 5.07. The maximum absolute atomic E-state index is 12.2. The molecule has 0 aliphatic heterocycles. The van der Waals surface area contributed by atoms with E-state index in [-0.39, 0.29) is 18.4 Å². The number of rotatable bonds is 6. The van der Waals surface area contributed by atoms with Gasteiger partial charge in [-0.05, 0) is 31.0 Å². The van der Waals surface area contributed by atoms with E-state index >= 15 is 0 Å². The third-order valence-electron chi connectivity index (χ3n) is 4.67. The average molecular weight is 362 g/mol. The van der Waals surface area contributed by atoms with Gasteiger partial charge in [0.15, 0.2) is 0 Å². The molecule has 1 aliphatic carbocycles. The molecular formula is C19H26N2O5. The summed E-state index contributed by atoms with van der Waals surface area (Å²) in [7, 11) is 1.51. The van der Waals surface area contributed by atoms with E-state index < -0.39 is 17.9 Å². The highest BCUT2D eigenvalue weighted by atomic mass is 16.5. The van der Waals surface area contributed by atoms with E-state index in [0.29, 0.717) is 24.2 Å². The monoisotopic (exact) mass is 362 g/mol. The van der Waals surface area contributed by atoms with Crippen LogP contribution in [0.3, 0.4) is 0 Å². The van der Waals surface area contributed by atoms with Gasteiger partial charge in [0.2, 0.25) is 5.91 Å². The molecule has 1 saturated carbocycles. The van der Waals surface area contributed by atoms with E-state index in [0.717, 1.165) is 25.7 Å². The summed E-state index contributed by atoms with van der Waals surface area (Å²) in [6, 6.07) is 6.24. The second-order valence-electron chi connectivity index (χ2n) is 6.52. The molecule has 0 aromatic heterocycles. The minimum atomic E-state index is -0.877. The van der Waals surface area contributed by atoms with Crippen molar-refractivity contribution in [2.75, 3.05) is 13.7 Å². The van der Waals surface area contributed by atoms with Crippen LogP contribution in [0, 0.1) is 5.92 Å². The van der Waals surface area contributed by atoms with Gasteiger partial charge in [0.05, 0.1) is 19.6 Å². The Hall–Kier alpha value is -2.57. The van der Waals surface area contributed by atoms with Crippen molar-refractivity contribution in [2.45, 2.75) is 44.6 Å². The van der Waals surface area contributed by atoms with Crippen molar-refractivity contribution in [3.05, 3.63) is 29.8 Å². The van der Waals surface area contributed by atoms with Gasteiger partial charge in [-0.3, -0.25) is 14.4 Å². The lowest BCUT2D eigenvalue weighted by atomic mass is 9.87. The molecule has 7 heteroatoms. The molecule has 1 aromatic rings. The number of carbonyl (C=O) groups excluding carboxylic acids is 2. The molecular weight excluding hydrogens is 336 g/mol. The number of nitrogens with one attached hydrogen (secondary N) is 2. The van der Waals surface area contributed by atoms with Gasteiger partial charge in [0, 0.05) is 11.6 Å². The lowest BCUT2D eigenvalue weighted by Crippen LogP contribution is -2.47. The number of hydrogen-bond acceptors (Lipinski definition) is 4. The van der Waals surface area contributed by atoms with Crippen molar-refractivity contribution in [2.24, 2.45) is 5.92 Å². The van der Waals surface area contributed by atoms with Gasteiger partial charge in [0.25, 0.3) is 5.91 Å². The van der Waals surface area contributed by atoms with Gasteiger partial charge in [0.1, 0.15) is 5.75 Å². The van der Waals surface area contributed by atoms with E-state index in [1.165, 1.54) is 7.11 Å². The lowest BCUT2D eigenvalue weighted by molar-refractivity contribution is -0.143. The van der Waals surface area contributed by atoms with Gasteiger partial charge in [-0.2, -0.15) is 0 Å². The predicted molar refractivity (Wildman–Crippen MR) is 96.1 cm³/mol. The number of benzene rings is 1. The number of hydrogen-bond donors (Lipinski definition) is 3. The molecule has 2 atom stereocenters. The first-order valence-electron chi connectivity index (χ1n) is 8.95. The Morgan fingerprint density at radius 1 is 1.15 bits per heavy atom. The Morgan fingerprint density at radius 2 is 1.88 bits per heavy atom. The van der Waals surface area contributed by atoms with Crippen LogP contribution in [-0.2, 0) is 9.59 Å². The van der Waals surface area contributed by atoms with Crippen molar-refractivity contribution in [3.63, 3.8) is 0 Å². The Labute approximate surface area is 153 Å². The molecule has 0 spiro atoms. The minimum Gasteiger partial charge on any atom is -0.497 e. The largest absolute Gasteiger partial charge is 0.497 e. The predicted octanol–water partition coefficient (Wildman–Crippen LogP) is 1.96. The third kappa shape index (κ3) is 5.75. The number of carboxylic acid groups (broad SMARTS) is 1. The Balaban J connectivity index is 1.89. The van der Waals surface area contributed by atoms with Crippen LogP contribution in [0.15, 0.2) is 24.3 Å². The molecule has 26 heavy (non-hydrogen) atoms. The van der Waals surface area contributed by atoms with Crippen LogP contribution in [0.2, 0.25) is 0 Å². The number of aliphatic carboxylic acids is 1. The van der Waals surface area contributed by atoms with Crippen molar-refractivity contribution in [3.8, 4) is 5.75 Å². The summed E-state index contributed by atoms with van der Waals surface area (Å²) in [4.78, 5) is 35.8. The summed E-state index contributed by atoms with van der Waals surface area (Å²) in [5, 5.41) is 14.8. The lowest BCUT2D eigenvalue weighted by Gasteiger charge is -2.27. The zero-order chi connectivity index (χ0) is 18.9. The van der Waals surface area contributed by atoms with Gasteiger partial charge in [-0.15, -0.1) is 0 Å². The topological polar surface area (TPSA) is 105 Å². The van der Waals surface area contributed by atoms with Crippen molar-refractivity contribution in [1.29, 1.82) is 0 Å². The fraction of sp³-hybridized carbons (Fsp3) is 0.526. The van der Waals surface area contributed by atoms with Gasteiger partial charge < -0.3 is 20.5 Å². The fourth-order valence-corrected chi connectivity index (χ4v) is 3.24. The van der Waals surface area contributed by atoms with Gasteiger partial charge in [-0.1, -0.05) is 31.7 Å². The average Bonchev–Trinajstić information content (AvgIpc) is 2.61. The molecule has 2 unspecified atom stereocenters. The van der Waals surface area contributed by atoms with Crippen molar-refractivity contribution < 1.29 is 24.2 Å². The van der Waals surface area contributed by atoms with Gasteiger partial charge >= 0.3 is 5.97 Å². The maximum Gasteiger partial charge on any atom is 0.308 e. The first-order valence-corrected chi connectivity index (χ1v) is 8.95. The molecule has 7 nitrogen and oxygen atoms in total. The van der Waals surface area contributed by atoms with E-state index in [1.54, 1.807) is 24.3 Å². The summed E-state index contributed by atoms with van der Waals surface area (Å²) >= 11 is 0. The Kier molecular flexibility index (Phi) is 7.44. The third-order valence-corrected chi connectivity index (χ3v) is 4.67. The normalized spacial score (nSPS) is 20.3. The first kappa shape index (κ1) is 19.8. The van der Waals surface area contributed by atoms with E-state index in [2.05, 4.69) is 10.6 Å². The molecule has 2 amide bonds. The summed E-state index contributed by atoms with van der Waals surface area (Å²) in [6.45, 7) is -0.196. The van der Waals surface area contributed by atoms with E-state index in [9.17, 15) is 19.5 Å². The van der Waals surface area contributed by atoms with Crippen LogP contribution in [0.5, 0.6) is 5.75 Å². The molecule has 3 N–H and O–H groups in total. The Bertz CT molecular complexity index is 647. The number of amides is 2. The SMILES string of the molecule is COc1cccc(C(=O)NCC(=O)NC2CCCCCCC2C(=O)O)c1. The molecule has 1 fully saturated rings. The smallest absolute Gasteiger partial charge is 0.308 e. The summed E-state index contributed by atoms with van der Waals surface area (Å²) in [6.07, 6.45) is 5.04. The summed E-state index contributed by atoms with van der Waals surface area (Å²) in [5.41, 5.74) is 0.395. The number of methoxy groups -OCH3 is 1. The molecule has 142 valence electrons. The highest BCUT2D eigenvalue weighted by Crippen LogP contribution is 2.23. The maximum atomic E-state index is 12.2. The summed E-state index contributed by atoms with van der Waals surface area (Å²) in [5.74, 6) is -1.66. The van der Waals surface area contributed by atoms with Crippen LogP contribution in [0.25, 0.3) is 0 Å². The van der Waals surface area contributed by atoms with Gasteiger partial charge in [-0.25, -0.2) is 0 Å². The van der Waals surface area contributed by atoms with E-state index in [4.69, 9.17) is 4.74 Å². The van der Waals surface area contributed by atoms with E-state index in [1.807, 2.05) is 0 Å². The second-order valence-corrected chi connectivity index (χ2v) is 6.52. The standard InChI is InChI=1S/C19H26N2O5/c1-26-14-8-6-7-13(11-14)18(23)20-12-17(22)21-16-10-5-3-2-4-9-15(16)19(24)25/h6-8,11,15-16H,2-5,9-10,12H2,1H3,(H,20,23)(H,21,22)(H,24,25). The quantitative estimate of drug-likeness (QED) is 0.718. The fourth-order valence-electron chi connectivity index (χ4n) is 3.24. The first-order chi connectivity index (χ1) is 12.5. The minimum absolute atomic E-state index is 0.196. The zero-order valence-corrected chi connectivity index (χ0v) is 15.0. The zero-order valence-electron chi connectivity index (χ0n) is 15.0. The molecule has 0 bridgehead atoms. The molecule has 2 rings (SSSR count). The molecule has 0 saturated heterocycles. The molecule has 1 aliphatic rings. The number of carbonyl (C=O) groups is 3. The highest BCUT2D eigenvalue weighted by Gasteiger charge is 2.29. The van der Waals surface area contributed by atoms with Crippen LogP contribution < -0.4 is 15.4 Å². The van der Waals surface area contributed by atoms with Crippen LogP contribution in [0.4, 0.5) is 0 Å².